The highest BCUT2D eigenvalue weighted by atomic mass is 16.5. The summed E-state index contributed by atoms with van der Waals surface area (Å²) in [5, 5.41) is 0. The van der Waals surface area contributed by atoms with Gasteiger partial charge in [0.1, 0.15) is 0 Å². The number of hydrogen-bond donors (Lipinski definition) is 0. The Morgan fingerprint density at radius 1 is 0.688 bits per heavy atom. The smallest absolute Gasteiger partial charge is 0.185 e. The Bertz CT molecular complexity index is 1170. The maximum Gasteiger partial charge on any atom is 0.185 e. The van der Waals surface area contributed by atoms with Gasteiger partial charge in [-0.3, -0.25) is 4.79 Å². The van der Waals surface area contributed by atoms with Gasteiger partial charge in [0.2, 0.25) is 0 Å². The molecule has 0 saturated carbocycles. The van der Waals surface area contributed by atoms with Crippen LogP contribution in [0.25, 0.3) is 17.2 Å². The van der Waals surface area contributed by atoms with Crippen LogP contribution in [0.3, 0.4) is 0 Å². The number of rotatable bonds is 8. The predicted octanol–water partition coefficient (Wildman–Crippen LogP) is 6.99. The minimum Gasteiger partial charge on any atom is -0.380 e. The van der Waals surface area contributed by atoms with E-state index >= 15 is 0 Å². The molecule has 2 heteroatoms. The fourth-order valence-corrected chi connectivity index (χ4v) is 3.63. The predicted molar refractivity (Wildman–Crippen MR) is 132 cm³/mol. The minimum absolute atomic E-state index is 0.0168. The number of carbonyl (C=O) groups excluding carboxylic acids is 1. The van der Waals surface area contributed by atoms with E-state index in [0.29, 0.717) is 12.2 Å². The zero-order valence-corrected chi connectivity index (χ0v) is 18.2. The molecule has 4 aromatic carbocycles. The highest BCUT2D eigenvalue weighted by Crippen LogP contribution is 2.22. The molecule has 4 aromatic rings. The molecule has 0 N–H and O–H groups in total. The first-order valence-corrected chi connectivity index (χ1v) is 10.7. The molecule has 0 radical (unpaired) electrons. The molecular weight excluding hydrogens is 392 g/mol. The second kappa shape index (κ2) is 10.5. The van der Waals surface area contributed by atoms with Crippen LogP contribution in [0.1, 0.15) is 32.6 Å². The number of hydrogen-bond acceptors (Lipinski definition) is 2. The van der Waals surface area contributed by atoms with E-state index in [9.17, 15) is 4.79 Å². The summed E-state index contributed by atoms with van der Waals surface area (Å²) < 4.78 is 5.18. The van der Waals surface area contributed by atoms with Crippen molar-refractivity contribution in [1.82, 2.24) is 0 Å². The van der Waals surface area contributed by atoms with E-state index in [-0.39, 0.29) is 5.78 Å². The number of allylic oxidation sites excluding steroid dienone is 1. The summed E-state index contributed by atoms with van der Waals surface area (Å²) in [6.45, 7) is 0.636. The van der Waals surface area contributed by atoms with Gasteiger partial charge in [-0.1, -0.05) is 109 Å². The molecule has 0 aromatic heterocycles. The maximum absolute atomic E-state index is 12.2. The van der Waals surface area contributed by atoms with Crippen molar-refractivity contribution in [2.24, 2.45) is 0 Å². The van der Waals surface area contributed by atoms with E-state index in [1.807, 2.05) is 36.4 Å². The van der Waals surface area contributed by atoms with Crippen LogP contribution in [0.15, 0.2) is 109 Å². The van der Waals surface area contributed by atoms with Crippen molar-refractivity contribution in [2.45, 2.75) is 13.0 Å². The zero-order chi connectivity index (χ0) is 22.2. The molecule has 0 aliphatic heterocycles. The van der Waals surface area contributed by atoms with Crippen LogP contribution >= 0.6 is 0 Å². The highest BCUT2D eigenvalue weighted by molar-refractivity contribution is 6.06. The molecular formula is C30H26O2. The molecule has 0 bridgehead atoms. The van der Waals surface area contributed by atoms with Crippen LogP contribution in [-0.4, -0.2) is 12.9 Å². The van der Waals surface area contributed by atoms with E-state index in [2.05, 4.69) is 72.8 Å². The lowest BCUT2D eigenvalue weighted by molar-refractivity contribution is 0.104. The fraction of sp³-hybridized carbons (Fsp3) is 0.100. The average molecular weight is 419 g/mol. The summed E-state index contributed by atoms with van der Waals surface area (Å²) in [6.07, 6.45) is 4.37. The molecule has 2 nitrogen and oxygen atoms in total. The van der Waals surface area contributed by atoms with Gasteiger partial charge >= 0.3 is 0 Å². The minimum atomic E-state index is 0.0168. The zero-order valence-electron chi connectivity index (χ0n) is 18.2. The Morgan fingerprint density at radius 3 is 1.78 bits per heavy atom. The van der Waals surface area contributed by atoms with Crippen LogP contribution in [0, 0.1) is 0 Å². The maximum atomic E-state index is 12.2. The monoisotopic (exact) mass is 418 g/mol. The van der Waals surface area contributed by atoms with Gasteiger partial charge in [0.25, 0.3) is 0 Å². The molecule has 0 unspecified atom stereocenters. The van der Waals surface area contributed by atoms with E-state index in [4.69, 9.17) is 4.74 Å². The third kappa shape index (κ3) is 5.69. The molecule has 158 valence electrons. The van der Waals surface area contributed by atoms with Gasteiger partial charge in [0, 0.05) is 12.7 Å². The third-order valence-corrected chi connectivity index (χ3v) is 5.43. The Kier molecular flexibility index (Phi) is 7.06. The first-order valence-electron chi connectivity index (χ1n) is 10.7. The SMILES string of the molecule is COCc1ccc(-c2ccc(Cc3ccc(/C=C/C(=O)c4ccccc4)cc3)cc2)cc1. The van der Waals surface area contributed by atoms with Gasteiger partial charge < -0.3 is 4.74 Å². The number of methoxy groups -OCH3 is 1. The molecule has 0 amide bonds. The summed E-state index contributed by atoms with van der Waals surface area (Å²) in [5.74, 6) is 0.0168. The van der Waals surface area contributed by atoms with Gasteiger partial charge in [-0.25, -0.2) is 0 Å². The summed E-state index contributed by atoms with van der Waals surface area (Å²) in [5.41, 5.74) is 7.83. The first-order chi connectivity index (χ1) is 15.7. The van der Waals surface area contributed by atoms with E-state index in [0.717, 1.165) is 12.0 Å². The van der Waals surface area contributed by atoms with Crippen LogP contribution in [0.5, 0.6) is 0 Å². The van der Waals surface area contributed by atoms with Crippen molar-refractivity contribution in [3.05, 3.63) is 137 Å². The lowest BCUT2D eigenvalue weighted by Gasteiger charge is -2.07. The summed E-state index contributed by atoms with van der Waals surface area (Å²) in [6, 6.07) is 34.9. The van der Waals surface area contributed by atoms with E-state index in [1.165, 1.54) is 27.8 Å². The molecule has 0 fully saturated rings. The number of benzene rings is 4. The van der Waals surface area contributed by atoms with Crippen LogP contribution in [0.4, 0.5) is 0 Å². The molecule has 0 aliphatic carbocycles. The van der Waals surface area contributed by atoms with Crippen molar-refractivity contribution < 1.29 is 9.53 Å². The van der Waals surface area contributed by atoms with Gasteiger partial charge in [-0.15, -0.1) is 0 Å². The van der Waals surface area contributed by atoms with Crippen molar-refractivity contribution in [3.63, 3.8) is 0 Å². The third-order valence-electron chi connectivity index (χ3n) is 5.43. The molecule has 0 atom stereocenters. The molecule has 32 heavy (non-hydrogen) atoms. The largest absolute Gasteiger partial charge is 0.380 e. The van der Waals surface area contributed by atoms with E-state index in [1.54, 1.807) is 13.2 Å². The summed E-state index contributed by atoms with van der Waals surface area (Å²) >= 11 is 0. The average Bonchev–Trinajstić information content (AvgIpc) is 2.85. The van der Waals surface area contributed by atoms with Gasteiger partial charge in [-0.05, 0) is 45.9 Å². The molecule has 0 heterocycles. The van der Waals surface area contributed by atoms with Crippen LogP contribution in [0.2, 0.25) is 0 Å². The van der Waals surface area contributed by atoms with Gasteiger partial charge in [0.15, 0.2) is 5.78 Å². The second-order valence-corrected chi connectivity index (χ2v) is 7.81. The number of ketones is 1. The quantitative estimate of drug-likeness (QED) is 0.228. The van der Waals surface area contributed by atoms with E-state index < -0.39 is 0 Å². The Hall–Kier alpha value is -3.75. The molecule has 0 aliphatic rings. The summed E-state index contributed by atoms with van der Waals surface area (Å²) in [7, 11) is 1.71. The van der Waals surface area contributed by atoms with Gasteiger partial charge in [-0.2, -0.15) is 0 Å². The Morgan fingerprint density at radius 2 is 1.22 bits per heavy atom. The van der Waals surface area contributed by atoms with Crippen molar-refractivity contribution in [2.75, 3.05) is 7.11 Å². The normalized spacial score (nSPS) is 11.0. The lowest BCUT2D eigenvalue weighted by atomic mass is 9.99. The number of ether oxygens (including phenoxy) is 1. The molecule has 4 rings (SSSR count). The second-order valence-electron chi connectivity index (χ2n) is 7.81. The lowest BCUT2D eigenvalue weighted by Crippen LogP contribution is -1.93. The van der Waals surface area contributed by atoms with Crippen LogP contribution in [-0.2, 0) is 17.8 Å². The standard InChI is InChI=1S/C30H26O2/c1-32-22-26-13-18-28(19-14-26)27-16-11-25(12-17-27)21-24-9-7-23(8-10-24)15-20-30(31)29-5-3-2-4-6-29/h2-20H,21-22H2,1H3/b20-15+. The molecule has 0 spiro atoms. The van der Waals surface area contributed by atoms with Crippen molar-refractivity contribution >= 4 is 11.9 Å². The topological polar surface area (TPSA) is 26.3 Å². The highest BCUT2D eigenvalue weighted by Gasteiger charge is 2.02. The fourth-order valence-electron chi connectivity index (χ4n) is 3.63. The van der Waals surface area contributed by atoms with Crippen molar-refractivity contribution in [1.29, 1.82) is 0 Å². The van der Waals surface area contributed by atoms with Crippen LogP contribution < -0.4 is 0 Å². The first kappa shape index (κ1) is 21.5. The number of carbonyl (C=O) groups is 1. The van der Waals surface area contributed by atoms with Gasteiger partial charge in [0.05, 0.1) is 6.61 Å². The summed E-state index contributed by atoms with van der Waals surface area (Å²) in [4.78, 5) is 12.2. The Labute approximate surface area is 189 Å². The molecule has 0 saturated heterocycles. The van der Waals surface area contributed by atoms with Crippen molar-refractivity contribution in [3.8, 4) is 11.1 Å². The Balaban J connectivity index is 1.37.